The Labute approximate surface area is 181 Å². The van der Waals surface area contributed by atoms with Crippen molar-refractivity contribution < 1.29 is 19.1 Å². The molecule has 0 spiro atoms. The van der Waals surface area contributed by atoms with Crippen molar-refractivity contribution in [3.8, 4) is 0 Å². The fourth-order valence-electron chi connectivity index (χ4n) is 3.76. The Morgan fingerprint density at radius 1 is 1.07 bits per heavy atom. The van der Waals surface area contributed by atoms with E-state index in [2.05, 4.69) is 10.6 Å². The number of hydrogen-bond donors (Lipinski definition) is 2. The minimum absolute atomic E-state index is 0.156. The first-order chi connectivity index (χ1) is 14.4. The summed E-state index contributed by atoms with van der Waals surface area (Å²) in [6.07, 6.45) is 5.36. The second-order valence-electron chi connectivity index (χ2n) is 7.56. The molecular weight excluding hydrogens is 400 g/mol. The molecule has 1 aromatic carbocycles. The molecule has 0 aliphatic heterocycles. The molecule has 0 bridgehead atoms. The zero-order chi connectivity index (χ0) is 21.7. The summed E-state index contributed by atoms with van der Waals surface area (Å²) >= 11 is 1.12. The average Bonchev–Trinajstić information content (AvgIpc) is 3.05. The third kappa shape index (κ3) is 4.90. The standard InChI is InChI=1S/C23H28N2O4S/c1-4-29-23(28)18-15(3)19(21(27)24-16-11-6-5-7-12-16)30-22(18)25-20(26)17-13-9-8-10-14(17)2/h8-10,13,16H,4-7,11-12H2,1-3H3,(H,24,27)(H,25,26). The second kappa shape index (κ2) is 9.89. The van der Waals surface area contributed by atoms with E-state index in [1.165, 1.54) is 6.42 Å². The molecule has 0 atom stereocenters. The largest absolute Gasteiger partial charge is 0.462 e. The van der Waals surface area contributed by atoms with E-state index in [4.69, 9.17) is 4.74 Å². The van der Waals surface area contributed by atoms with Crippen LogP contribution in [0.2, 0.25) is 0 Å². The van der Waals surface area contributed by atoms with Crippen molar-refractivity contribution in [2.45, 2.75) is 58.9 Å². The molecule has 2 amide bonds. The third-order valence-corrected chi connectivity index (χ3v) is 6.60. The first kappa shape index (κ1) is 22.0. The zero-order valence-corrected chi connectivity index (χ0v) is 18.5. The molecule has 0 unspecified atom stereocenters. The van der Waals surface area contributed by atoms with Crippen LogP contribution in [-0.4, -0.2) is 30.4 Å². The van der Waals surface area contributed by atoms with E-state index in [0.717, 1.165) is 42.6 Å². The molecule has 2 aromatic rings. The van der Waals surface area contributed by atoms with Crippen molar-refractivity contribution in [1.82, 2.24) is 5.32 Å². The van der Waals surface area contributed by atoms with Crippen LogP contribution in [0.5, 0.6) is 0 Å². The number of thiophene rings is 1. The van der Waals surface area contributed by atoms with Crippen LogP contribution in [0.3, 0.4) is 0 Å². The lowest BCUT2D eigenvalue weighted by molar-refractivity contribution is 0.0527. The highest BCUT2D eigenvalue weighted by atomic mass is 32.1. The van der Waals surface area contributed by atoms with Gasteiger partial charge in [0, 0.05) is 11.6 Å². The van der Waals surface area contributed by atoms with Gasteiger partial charge in [0.2, 0.25) is 0 Å². The van der Waals surface area contributed by atoms with Gasteiger partial charge >= 0.3 is 5.97 Å². The van der Waals surface area contributed by atoms with Crippen LogP contribution in [0.25, 0.3) is 0 Å². The number of benzene rings is 1. The van der Waals surface area contributed by atoms with Gasteiger partial charge in [-0.1, -0.05) is 37.5 Å². The van der Waals surface area contributed by atoms with E-state index in [0.29, 0.717) is 21.0 Å². The van der Waals surface area contributed by atoms with Gasteiger partial charge in [-0.15, -0.1) is 11.3 Å². The highest BCUT2D eigenvalue weighted by molar-refractivity contribution is 7.18. The summed E-state index contributed by atoms with van der Waals surface area (Å²) in [5, 5.41) is 6.25. The molecule has 0 radical (unpaired) electrons. The highest BCUT2D eigenvalue weighted by Crippen LogP contribution is 2.34. The summed E-state index contributed by atoms with van der Waals surface area (Å²) in [6, 6.07) is 7.38. The van der Waals surface area contributed by atoms with Crippen molar-refractivity contribution in [1.29, 1.82) is 0 Å². The minimum atomic E-state index is -0.539. The van der Waals surface area contributed by atoms with Gasteiger partial charge in [-0.05, 0) is 50.8 Å². The van der Waals surface area contributed by atoms with E-state index in [-0.39, 0.29) is 30.0 Å². The first-order valence-corrected chi connectivity index (χ1v) is 11.2. The summed E-state index contributed by atoms with van der Waals surface area (Å²) in [7, 11) is 0. The molecular formula is C23H28N2O4S. The number of aryl methyl sites for hydroxylation is 1. The molecule has 6 nitrogen and oxygen atoms in total. The van der Waals surface area contributed by atoms with Gasteiger partial charge < -0.3 is 15.4 Å². The number of ether oxygens (including phenoxy) is 1. The van der Waals surface area contributed by atoms with Crippen molar-refractivity contribution in [3.05, 3.63) is 51.4 Å². The zero-order valence-electron chi connectivity index (χ0n) is 17.7. The lowest BCUT2D eigenvalue weighted by atomic mass is 9.95. The van der Waals surface area contributed by atoms with Gasteiger partial charge in [-0.3, -0.25) is 9.59 Å². The van der Waals surface area contributed by atoms with Crippen LogP contribution < -0.4 is 10.6 Å². The first-order valence-electron chi connectivity index (χ1n) is 10.4. The van der Waals surface area contributed by atoms with Gasteiger partial charge in [-0.2, -0.15) is 0 Å². The Kier molecular flexibility index (Phi) is 7.26. The van der Waals surface area contributed by atoms with Crippen molar-refractivity contribution in [2.24, 2.45) is 0 Å². The SMILES string of the molecule is CCOC(=O)c1c(NC(=O)c2ccccc2C)sc(C(=O)NC2CCCCC2)c1C. The minimum Gasteiger partial charge on any atom is -0.462 e. The predicted octanol–water partition coefficient (Wildman–Crippen LogP) is 4.86. The van der Waals surface area contributed by atoms with Gasteiger partial charge in [0.05, 0.1) is 17.0 Å². The molecule has 1 aliphatic rings. The van der Waals surface area contributed by atoms with E-state index < -0.39 is 5.97 Å². The normalized spacial score (nSPS) is 14.2. The molecule has 1 aliphatic carbocycles. The average molecular weight is 429 g/mol. The lowest BCUT2D eigenvalue weighted by Gasteiger charge is -2.22. The van der Waals surface area contributed by atoms with Gasteiger partial charge in [0.1, 0.15) is 5.00 Å². The quantitative estimate of drug-likeness (QED) is 0.644. The number of anilines is 1. The van der Waals surface area contributed by atoms with Crippen LogP contribution >= 0.6 is 11.3 Å². The van der Waals surface area contributed by atoms with Crippen molar-refractivity contribution in [2.75, 3.05) is 11.9 Å². The third-order valence-electron chi connectivity index (χ3n) is 5.39. The second-order valence-corrected chi connectivity index (χ2v) is 8.58. The van der Waals surface area contributed by atoms with Crippen molar-refractivity contribution >= 4 is 34.1 Å². The number of nitrogens with one attached hydrogen (secondary N) is 2. The molecule has 3 rings (SSSR count). The van der Waals surface area contributed by atoms with E-state index in [1.807, 2.05) is 19.1 Å². The summed E-state index contributed by atoms with van der Waals surface area (Å²) in [5.74, 6) is -1.06. The van der Waals surface area contributed by atoms with Crippen LogP contribution in [0.1, 0.15) is 80.5 Å². The predicted molar refractivity (Wildman–Crippen MR) is 118 cm³/mol. The topological polar surface area (TPSA) is 84.5 Å². The molecule has 1 saturated carbocycles. The summed E-state index contributed by atoms with van der Waals surface area (Å²) in [5.41, 5.74) is 2.13. The summed E-state index contributed by atoms with van der Waals surface area (Å²) in [4.78, 5) is 38.8. The maximum atomic E-state index is 12.9. The number of amides is 2. The van der Waals surface area contributed by atoms with E-state index in [1.54, 1.807) is 26.0 Å². The summed E-state index contributed by atoms with van der Waals surface area (Å²) in [6.45, 7) is 5.51. The van der Waals surface area contributed by atoms with E-state index in [9.17, 15) is 14.4 Å². The fraction of sp³-hybridized carbons (Fsp3) is 0.435. The lowest BCUT2D eigenvalue weighted by Crippen LogP contribution is -2.36. The Balaban J connectivity index is 1.90. The molecule has 160 valence electrons. The smallest absolute Gasteiger partial charge is 0.341 e. The van der Waals surface area contributed by atoms with Gasteiger partial charge in [0.15, 0.2) is 0 Å². The van der Waals surface area contributed by atoms with E-state index >= 15 is 0 Å². The Morgan fingerprint density at radius 3 is 2.43 bits per heavy atom. The fourth-order valence-corrected chi connectivity index (χ4v) is 4.86. The monoisotopic (exact) mass is 428 g/mol. The van der Waals surface area contributed by atoms with Gasteiger partial charge in [0.25, 0.3) is 11.8 Å². The Hall–Kier alpha value is -2.67. The van der Waals surface area contributed by atoms with Crippen LogP contribution in [-0.2, 0) is 4.74 Å². The summed E-state index contributed by atoms with van der Waals surface area (Å²) < 4.78 is 5.19. The molecule has 7 heteroatoms. The molecule has 1 aromatic heterocycles. The number of carbonyl (C=O) groups excluding carboxylic acids is 3. The maximum Gasteiger partial charge on any atom is 0.341 e. The molecule has 1 fully saturated rings. The molecule has 2 N–H and O–H groups in total. The van der Waals surface area contributed by atoms with Gasteiger partial charge in [-0.25, -0.2) is 4.79 Å². The molecule has 30 heavy (non-hydrogen) atoms. The van der Waals surface area contributed by atoms with Crippen LogP contribution in [0, 0.1) is 13.8 Å². The van der Waals surface area contributed by atoms with Crippen molar-refractivity contribution in [3.63, 3.8) is 0 Å². The number of rotatable bonds is 6. The Bertz CT molecular complexity index is 945. The number of hydrogen-bond acceptors (Lipinski definition) is 5. The van der Waals surface area contributed by atoms with Crippen LogP contribution in [0.15, 0.2) is 24.3 Å². The highest BCUT2D eigenvalue weighted by Gasteiger charge is 2.28. The molecule has 0 saturated heterocycles. The number of carbonyl (C=O) groups is 3. The van der Waals surface area contributed by atoms with Crippen LogP contribution in [0.4, 0.5) is 5.00 Å². The molecule has 1 heterocycles. The Morgan fingerprint density at radius 2 is 1.77 bits per heavy atom. The maximum absolute atomic E-state index is 12.9. The number of esters is 1.